The summed E-state index contributed by atoms with van der Waals surface area (Å²) in [4.78, 5) is 0. The molecule has 0 spiro atoms. The summed E-state index contributed by atoms with van der Waals surface area (Å²) in [6.07, 6.45) is 4.02. The summed E-state index contributed by atoms with van der Waals surface area (Å²) in [5, 5.41) is 7.76. The van der Waals surface area contributed by atoms with Gasteiger partial charge in [0.2, 0.25) is 0 Å². The molecule has 1 aromatic heterocycles. The molecule has 0 aliphatic heterocycles. The molecular weight excluding hydrogens is 210 g/mol. The van der Waals surface area contributed by atoms with Crippen LogP contribution in [0.1, 0.15) is 31.0 Å². The summed E-state index contributed by atoms with van der Waals surface area (Å²) >= 11 is 0. The van der Waals surface area contributed by atoms with Crippen molar-refractivity contribution in [3.63, 3.8) is 0 Å². The Morgan fingerprint density at radius 3 is 2.71 bits per heavy atom. The first-order chi connectivity index (χ1) is 8.16. The number of hydrogen-bond acceptors (Lipinski definition) is 2. The molecule has 0 aliphatic rings. The third-order valence-electron chi connectivity index (χ3n) is 2.81. The lowest BCUT2D eigenvalue weighted by molar-refractivity contribution is 0.532. The van der Waals surface area contributed by atoms with Crippen molar-refractivity contribution in [3.8, 4) is 0 Å². The highest BCUT2D eigenvalue weighted by Gasteiger charge is 2.02. The van der Waals surface area contributed by atoms with Crippen molar-refractivity contribution in [1.29, 1.82) is 0 Å². The molecule has 0 atom stereocenters. The van der Waals surface area contributed by atoms with E-state index in [1.807, 2.05) is 16.9 Å². The van der Waals surface area contributed by atoms with Crippen LogP contribution in [0.5, 0.6) is 0 Å². The van der Waals surface area contributed by atoms with Crippen molar-refractivity contribution in [3.05, 3.63) is 47.8 Å². The van der Waals surface area contributed by atoms with E-state index in [-0.39, 0.29) is 0 Å². The maximum absolute atomic E-state index is 4.33. The molecule has 0 bridgehead atoms. The molecule has 3 heteroatoms. The van der Waals surface area contributed by atoms with Crippen LogP contribution in [0.4, 0.5) is 5.69 Å². The molecule has 0 saturated heterocycles. The van der Waals surface area contributed by atoms with Crippen LogP contribution in [0.25, 0.3) is 0 Å². The van der Waals surface area contributed by atoms with Gasteiger partial charge >= 0.3 is 0 Å². The zero-order valence-electron chi connectivity index (χ0n) is 10.6. The van der Waals surface area contributed by atoms with Gasteiger partial charge in [-0.15, -0.1) is 0 Å². The monoisotopic (exact) mass is 229 g/mol. The minimum absolute atomic E-state index is 0.419. The molecule has 90 valence electrons. The van der Waals surface area contributed by atoms with Gasteiger partial charge < -0.3 is 5.32 Å². The van der Waals surface area contributed by atoms with Gasteiger partial charge in [-0.3, -0.25) is 4.68 Å². The smallest absolute Gasteiger partial charge is 0.0539 e. The number of nitrogens with zero attached hydrogens (tertiary/aromatic N) is 2. The predicted molar refractivity (Wildman–Crippen MR) is 71.1 cm³/mol. The first-order valence-electron chi connectivity index (χ1n) is 5.99. The van der Waals surface area contributed by atoms with Crippen LogP contribution in [0, 0.1) is 6.92 Å². The van der Waals surface area contributed by atoms with Gasteiger partial charge in [0.05, 0.1) is 6.20 Å². The van der Waals surface area contributed by atoms with E-state index in [2.05, 4.69) is 55.6 Å². The Bertz CT molecular complexity index is 486. The first-order valence-corrected chi connectivity index (χ1v) is 5.99. The van der Waals surface area contributed by atoms with Crippen molar-refractivity contribution in [2.45, 2.75) is 33.4 Å². The molecule has 0 unspecified atom stereocenters. The highest BCUT2D eigenvalue weighted by Crippen LogP contribution is 2.14. The SMILES string of the molecule is Cc1ccccc1NCc1cnn(C(C)C)c1. The van der Waals surface area contributed by atoms with E-state index in [4.69, 9.17) is 0 Å². The molecule has 1 N–H and O–H groups in total. The van der Waals surface area contributed by atoms with Crippen LogP contribution in [-0.2, 0) is 6.54 Å². The average molecular weight is 229 g/mol. The fourth-order valence-corrected chi connectivity index (χ4v) is 1.72. The van der Waals surface area contributed by atoms with Crippen LogP contribution in [-0.4, -0.2) is 9.78 Å². The molecule has 2 rings (SSSR count). The van der Waals surface area contributed by atoms with Crippen LogP contribution >= 0.6 is 0 Å². The van der Waals surface area contributed by atoms with E-state index in [0.717, 1.165) is 6.54 Å². The number of hydrogen-bond donors (Lipinski definition) is 1. The van der Waals surface area contributed by atoms with E-state index >= 15 is 0 Å². The lowest BCUT2D eigenvalue weighted by atomic mass is 10.2. The molecule has 1 aromatic carbocycles. The van der Waals surface area contributed by atoms with E-state index in [1.54, 1.807) is 0 Å². The Labute approximate surface area is 102 Å². The largest absolute Gasteiger partial charge is 0.381 e. The Morgan fingerprint density at radius 1 is 1.29 bits per heavy atom. The van der Waals surface area contributed by atoms with Crippen LogP contribution in [0.15, 0.2) is 36.7 Å². The predicted octanol–water partition coefficient (Wildman–Crippen LogP) is 3.38. The summed E-state index contributed by atoms with van der Waals surface area (Å²) in [6, 6.07) is 8.73. The second-order valence-electron chi connectivity index (χ2n) is 4.59. The van der Waals surface area contributed by atoms with Gasteiger partial charge in [0.1, 0.15) is 0 Å². The third kappa shape index (κ3) is 2.87. The normalized spacial score (nSPS) is 10.8. The Hall–Kier alpha value is -1.77. The fraction of sp³-hybridized carbons (Fsp3) is 0.357. The summed E-state index contributed by atoms with van der Waals surface area (Å²) in [7, 11) is 0. The van der Waals surface area contributed by atoms with Gasteiger partial charge in [-0.2, -0.15) is 5.10 Å². The number of benzene rings is 1. The highest BCUT2D eigenvalue weighted by atomic mass is 15.3. The van der Waals surface area contributed by atoms with E-state index < -0.39 is 0 Å². The lowest BCUT2D eigenvalue weighted by Crippen LogP contribution is -2.01. The maximum Gasteiger partial charge on any atom is 0.0539 e. The summed E-state index contributed by atoms with van der Waals surface area (Å²) in [5.74, 6) is 0. The molecular formula is C14H19N3. The molecule has 2 aromatic rings. The summed E-state index contributed by atoms with van der Waals surface area (Å²) in [6.45, 7) is 7.19. The van der Waals surface area contributed by atoms with Crippen LogP contribution < -0.4 is 5.32 Å². The molecule has 0 fully saturated rings. The van der Waals surface area contributed by atoms with Gasteiger partial charge in [0.15, 0.2) is 0 Å². The zero-order valence-corrected chi connectivity index (χ0v) is 10.6. The maximum atomic E-state index is 4.33. The first kappa shape index (κ1) is 11.7. The van der Waals surface area contributed by atoms with Gasteiger partial charge in [0, 0.05) is 30.0 Å². The molecule has 0 saturated carbocycles. The second kappa shape index (κ2) is 5.04. The average Bonchev–Trinajstić information content (AvgIpc) is 2.77. The third-order valence-corrected chi connectivity index (χ3v) is 2.81. The molecule has 0 radical (unpaired) electrons. The van der Waals surface area contributed by atoms with Crippen molar-refractivity contribution in [1.82, 2.24) is 9.78 Å². The van der Waals surface area contributed by atoms with Crippen molar-refractivity contribution >= 4 is 5.69 Å². The van der Waals surface area contributed by atoms with Gasteiger partial charge in [-0.1, -0.05) is 18.2 Å². The van der Waals surface area contributed by atoms with E-state index in [0.29, 0.717) is 6.04 Å². The molecule has 0 aliphatic carbocycles. The van der Waals surface area contributed by atoms with Crippen LogP contribution in [0.3, 0.4) is 0 Å². The second-order valence-corrected chi connectivity index (χ2v) is 4.59. The number of rotatable bonds is 4. The summed E-state index contributed by atoms with van der Waals surface area (Å²) < 4.78 is 1.98. The Balaban J connectivity index is 2.00. The lowest BCUT2D eigenvalue weighted by Gasteiger charge is -2.07. The van der Waals surface area contributed by atoms with Gasteiger partial charge in [-0.05, 0) is 32.4 Å². The molecule has 17 heavy (non-hydrogen) atoms. The minimum atomic E-state index is 0.419. The number of aryl methyl sites for hydroxylation is 1. The number of anilines is 1. The van der Waals surface area contributed by atoms with Gasteiger partial charge in [-0.25, -0.2) is 0 Å². The Kier molecular flexibility index (Phi) is 3.47. The Morgan fingerprint density at radius 2 is 2.06 bits per heavy atom. The fourth-order valence-electron chi connectivity index (χ4n) is 1.72. The van der Waals surface area contributed by atoms with E-state index in [9.17, 15) is 0 Å². The van der Waals surface area contributed by atoms with Gasteiger partial charge in [0.25, 0.3) is 0 Å². The molecule has 3 nitrogen and oxygen atoms in total. The number of aromatic nitrogens is 2. The number of nitrogens with one attached hydrogen (secondary N) is 1. The quantitative estimate of drug-likeness (QED) is 0.871. The minimum Gasteiger partial charge on any atom is -0.381 e. The van der Waals surface area contributed by atoms with Crippen molar-refractivity contribution in [2.75, 3.05) is 5.32 Å². The molecule has 1 heterocycles. The molecule has 0 amide bonds. The van der Waals surface area contributed by atoms with E-state index in [1.165, 1.54) is 16.8 Å². The zero-order chi connectivity index (χ0) is 12.3. The standard InChI is InChI=1S/C14H19N3/c1-11(2)17-10-13(9-16-17)8-15-14-7-5-4-6-12(14)3/h4-7,9-11,15H,8H2,1-3H3. The highest BCUT2D eigenvalue weighted by molar-refractivity contribution is 5.50. The summed E-state index contributed by atoms with van der Waals surface area (Å²) in [5.41, 5.74) is 3.66. The van der Waals surface area contributed by atoms with Crippen molar-refractivity contribution in [2.24, 2.45) is 0 Å². The number of para-hydroxylation sites is 1. The topological polar surface area (TPSA) is 29.9 Å². The van der Waals surface area contributed by atoms with Crippen molar-refractivity contribution < 1.29 is 0 Å². The van der Waals surface area contributed by atoms with Crippen LogP contribution in [0.2, 0.25) is 0 Å².